The summed E-state index contributed by atoms with van der Waals surface area (Å²) in [5.74, 6) is -0.385. The molecule has 3 heterocycles. The summed E-state index contributed by atoms with van der Waals surface area (Å²) >= 11 is 7.71. The van der Waals surface area contributed by atoms with Gasteiger partial charge in [0.25, 0.3) is 11.8 Å². The molecule has 0 unspecified atom stereocenters. The number of fused-ring (bicyclic) bond motifs is 1. The number of nitrogens with one attached hydrogen (secondary N) is 1. The first-order valence-corrected chi connectivity index (χ1v) is 10.3. The van der Waals surface area contributed by atoms with E-state index >= 15 is 0 Å². The SMILES string of the molecule is Cc1ccoc1C(=O)Nc1ccc(C(=O)N2CCCC(=O)c3sccc32)c(Cl)c1. The van der Waals surface area contributed by atoms with E-state index in [9.17, 15) is 14.4 Å². The molecule has 1 N–H and O–H groups in total. The molecule has 0 saturated heterocycles. The molecule has 3 aromatic rings. The monoisotopic (exact) mass is 428 g/mol. The van der Waals surface area contributed by atoms with Crippen molar-refractivity contribution >= 4 is 51.9 Å². The van der Waals surface area contributed by atoms with Crippen LogP contribution in [0.2, 0.25) is 5.02 Å². The number of aryl methyl sites for hydroxylation is 1. The lowest BCUT2D eigenvalue weighted by Crippen LogP contribution is -2.31. The van der Waals surface area contributed by atoms with Gasteiger partial charge < -0.3 is 14.6 Å². The van der Waals surface area contributed by atoms with Crippen LogP contribution in [-0.2, 0) is 0 Å². The van der Waals surface area contributed by atoms with E-state index in [0.29, 0.717) is 41.2 Å². The first-order chi connectivity index (χ1) is 14.0. The van der Waals surface area contributed by atoms with E-state index < -0.39 is 5.91 Å². The predicted octanol–water partition coefficient (Wildman–Crippen LogP) is 5.18. The van der Waals surface area contributed by atoms with E-state index in [1.807, 2.05) is 5.38 Å². The first-order valence-electron chi connectivity index (χ1n) is 9.03. The number of nitrogens with zero attached hydrogens (tertiary/aromatic N) is 1. The minimum atomic E-state index is -0.392. The minimum Gasteiger partial charge on any atom is -0.459 e. The highest BCUT2D eigenvalue weighted by Crippen LogP contribution is 2.33. The van der Waals surface area contributed by atoms with E-state index in [0.717, 1.165) is 5.56 Å². The van der Waals surface area contributed by atoms with Crippen molar-refractivity contribution in [2.75, 3.05) is 16.8 Å². The number of amides is 2. The standard InChI is InChI=1S/C21H17ClN2O4S/c1-12-6-9-28-18(12)20(26)23-13-4-5-14(15(22)11-13)21(27)24-8-2-3-17(25)19-16(24)7-10-29-19/h4-7,9-11H,2-3,8H2,1H3,(H,23,26). The molecular weight excluding hydrogens is 412 g/mol. The third-order valence-corrected chi connectivity index (χ3v) is 6.00. The van der Waals surface area contributed by atoms with E-state index in [1.54, 1.807) is 36.1 Å². The molecule has 1 aromatic carbocycles. The van der Waals surface area contributed by atoms with Crippen LogP contribution in [0.25, 0.3) is 0 Å². The molecule has 1 aliphatic heterocycles. The maximum Gasteiger partial charge on any atom is 0.291 e. The molecule has 2 amide bonds. The van der Waals surface area contributed by atoms with Gasteiger partial charge in [0, 0.05) is 24.2 Å². The van der Waals surface area contributed by atoms with Crippen molar-refractivity contribution in [1.82, 2.24) is 0 Å². The number of rotatable bonds is 3. The average Bonchev–Trinajstić information content (AvgIpc) is 3.31. The quantitative estimate of drug-likeness (QED) is 0.623. The molecule has 6 nitrogen and oxygen atoms in total. The van der Waals surface area contributed by atoms with Gasteiger partial charge >= 0.3 is 0 Å². The molecule has 8 heteroatoms. The number of hydrogen-bond donors (Lipinski definition) is 1. The molecule has 0 bridgehead atoms. The van der Waals surface area contributed by atoms with Crippen molar-refractivity contribution in [3.8, 4) is 0 Å². The van der Waals surface area contributed by atoms with Gasteiger partial charge in [0.1, 0.15) is 0 Å². The van der Waals surface area contributed by atoms with Crippen LogP contribution in [0.15, 0.2) is 46.4 Å². The van der Waals surface area contributed by atoms with Crippen LogP contribution in [0.4, 0.5) is 11.4 Å². The normalized spacial score (nSPS) is 13.7. The van der Waals surface area contributed by atoms with Gasteiger partial charge in [0.2, 0.25) is 0 Å². The summed E-state index contributed by atoms with van der Waals surface area (Å²) in [6, 6.07) is 8.22. The number of ketones is 1. The maximum atomic E-state index is 13.1. The lowest BCUT2D eigenvalue weighted by molar-refractivity contribution is 0.0975. The number of benzene rings is 1. The molecule has 0 aliphatic carbocycles. The molecule has 0 spiro atoms. The number of anilines is 2. The van der Waals surface area contributed by atoms with Crippen molar-refractivity contribution in [3.05, 3.63) is 68.8 Å². The average molecular weight is 429 g/mol. The summed E-state index contributed by atoms with van der Waals surface area (Å²) in [6.07, 6.45) is 2.46. The summed E-state index contributed by atoms with van der Waals surface area (Å²) in [7, 11) is 0. The van der Waals surface area contributed by atoms with E-state index in [-0.39, 0.29) is 22.5 Å². The smallest absolute Gasteiger partial charge is 0.291 e. The molecule has 0 atom stereocenters. The van der Waals surface area contributed by atoms with Crippen molar-refractivity contribution in [1.29, 1.82) is 0 Å². The second-order valence-corrected chi connectivity index (χ2v) is 8.02. The third kappa shape index (κ3) is 3.71. The Balaban J connectivity index is 1.58. The summed E-state index contributed by atoms with van der Waals surface area (Å²) < 4.78 is 5.18. The van der Waals surface area contributed by atoms with Crippen molar-refractivity contribution in [3.63, 3.8) is 0 Å². The molecular formula is C21H17ClN2O4S. The van der Waals surface area contributed by atoms with Crippen molar-refractivity contribution in [2.24, 2.45) is 0 Å². The molecule has 0 saturated carbocycles. The number of hydrogen-bond acceptors (Lipinski definition) is 5. The molecule has 2 aromatic heterocycles. The van der Waals surface area contributed by atoms with Crippen LogP contribution in [0, 0.1) is 6.92 Å². The molecule has 148 valence electrons. The Morgan fingerprint density at radius 1 is 1.24 bits per heavy atom. The van der Waals surface area contributed by atoms with E-state index in [1.165, 1.54) is 23.7 Å². The Kier molecular flexibility index (Phi) is 5.25. The fraction of sp³-hybridized carbons (Fsp3) is 0.190. The van der Waals surface area contributed by atoms with Gasteiger partial charge in [-0.3, -0.25) is 14.4 Å². The largest absolute Gasteiger partial charge is 0.459 e. The summed E-state index contributed by atoms with van der Waals surface area (Å²) in [5.41, 5.74) is 2.12. The van der Waals surface area contributed by atoms with Gasteiger partial charge in [-0.2, -0.15) is 0 Å². The predicted molar refractivity (Wildman–Crippen MR) is 112 cm³/mol. The van der Waals surface area contributed by atoms with E-state index in [2.05, 4.69) is 5.32 Å². The molecule has 4 rings (SSSR count). The number of furan rings is 1. The van der Waals surface area contributed by atoms with Crippen LogP contribution in [0.1, 0.15) is 49.0 Å². The van der Waals surface area contributed by atoms with Gasteiger partial charge in [-0.1, -0.05) is 11.6 Å². The molecule has 29 heavy (non-hydrogen) atoms. The topological polar surface area (TPSA) is 79.6 Å². The van der Waals surface area contributed by atoms with E-state index in [4.69, 9.17) is 16.0 Å². The van der Waals surface area contributed by atoms with Gasteiger partial charge in [-0.25, -0.2) is 0 Å². The highest BCUT2D eigenvalue weighted by molar-refractivity contribution is 7.12. The van der Waals surface area contributed by atoms with Crippen molar-refractivity contribution < 1.29 is 18.8 Å². The highest BCUT2D eigenvalue weighted by atomic mass is 35.5. The van der Waals surface area contributed by atoms with Gasteiger partial charge in [0.15, 0.2) is 11.5 Å². The number of carbonyl (C=O) groups excluding carboxylic acids is 3. The van der Waals surface area contributed by atoms with Crippen LogP contribution < -0.4 is 10.2 Å². The third-order valence-electron chi connectivity index (χ3n) is 4.74. The fourth-order valence-electron chi connectivity index (χ4n) is 3.27. The summed E-state index contributed by atoms with van der Waals surface area (Å²) in [5, 5.41) is 4.74. The van der Waals surface area contributed by atoms with Gasteiger partial charge in [-0.05, 0) is 49.1 Å². The second-order valence-electron chi connectivity index (χ2n) is 6.70. The Morgan fingerprint density at radius 2 is 2.07 bits per heavy atom. The zero-order chi connectivity index (χ0) is 20.5. The fourth-order valence-corrected chi connectivity index (χ4v) is 4.40. The van der Waals surface area contributed by atoms with Crippen LogP contribution in [0.3, 0.4) is 0 Å². The van der Waals surface area contributed by atoms with Gasteiger partial charge in [-0.15, -0.1) is 11.3 Å². The minimum absolute atomic E-state index is 0.0580. The number of thiophene rings is 1. The Labute approximate surface area is 176 Å². The van der Waals surface area contributed by atoms with Crippen LogP contribution in [-0.4, -0.2) is 24.1 Å². The number of carbonyl (C=O) groups is 3. The van der Waals surface area contributed by atoms with Crippen LogP contribution in [0.5, 0.6) is 0 Å². The summed E-state index contributed by atoms with van der Waals surface area (Å²) in [6.45, 7) is 2.22. The Morgan fingerprint density at radius 3 is 2.79 bits per heavy atom. The summed E-state index contributed by atoms with van der Waals surface area (Å²) in [4.78, 5) is 39.8. The van der Waals surface area contributed by atoms with Gasteiger partial charge in [0.05, 0.1) is 27.4 Å². The molecule has 1 aliphatic rings. The first kappa shape index (κ1) is 19.4. The molecule has 0 radical (unpaired) electrons. The Hall–Kier alpha value is -2.90. The maximum absolute atomic E-state index is 13.1. The lowest BCUT2D eigenvalue weighted by atomic mass is 10.1. The Bertz CT molecular complexity index is 1120. The number of Topliss-reactive ketones (excluding diaryl/α,β-unsaturated/α-hetero) is 1. The van der Waals surface area contributed by atoms with Crippen LogP contribution >= 0.6 is 22.9 Å². The highest BCUT2D eigenvalue weighted by Gasteiger charge is 2.28. The zero-order valence-electron chi connectivity index (χ0n) is 15.5. The zero-order valence-corrected chi connectivity index (χ0v) is 17.1. The lowest BCUT2D eigenvalue weighted by Gasteiger charge is -2.21. The second kappa shape index (κ2) is 7.85. The van der Waals surface area contributed by atoms with Crippen molar-refractivity contribution in [2.45, 2.75) is 19.8 Å². The number of halogens is 1. The molecule has 0 fully saturated rings.